The van der Waals surface area contributed by atoms with Gasteiger partial charge in [0.2, 0.25) is 0 Å². The number of hydrogen-bond acceptors (Lipinski definition) is 4. The van der Waals surface area contributed by atoms with Crippen molar-refractivity contribution in [2.24, 2.45) is 0 Å². The molecule has 0 unspecified atom stereocenters. The molecule has 0 aliphatic carbocycles. The molecule has 0 bridgehead atoms. The Morgan fingerprint density at radius 1 is 0.647 bits per heavy atom. The van der Waals surface area contributed by atoms with Crippen molar-refractivity contribution in [1.29, 1.82) is 0 Å². The van der Waals surface area contributed by atoms with Crippen LogP contribution in [0.4, 0.5) is 0 Å². The fourth-order valence-electron chi connectivity index (χ4n) is 4.57. The number of ether oxygens (including phenoxy) is 1. The van der Waals surface area contributed by atoms with Gasteiger partial charge in [0.1, 0.15) is 5.75 Å². The van der Waals surface area contributed by atoms with E-state index in [0.29, 0.717) is 11.3 Å². The molecule has 1 aliphatic rings. The third-order valence-corrected chi connectivity index (χ3v) is 6.22. The van der Waals surface area contributed by atoms with Crippen molar-refractivity contribution < 1.29 is 9.53 Å². The van der Waals surface area contributed by atoms with Gasteiger partial charge >= 0.3 is 5.97 Å². The van der Waals surface area contributed by atoms with Crippen molar-refractivity contribution in [3.8, 4) is 5.75 Å². The Labute approximate surface area is 201 Å². The Bertz CT molecular complexity index is 1150. The number of nitrogens with zero attached hydrogens (tertiary/aromatic N) is 2. The van der Waals surface area contributed by atoms with E-state index in [1.54, 1.807) is 12.1 Å². The predicted molar refractivity (Wildman–Crippen MR) is 134 cm³/mol. The maximum Gasteiger partial charge on any atom is 0.343 e. The maximum absolute atomic E-state index is 12.4. The number of carbonyl (C=O) groups is 1. The van der Waals surface area contributed by atoms with E-state index in [-0.39, 0.29) is 12.1 Å². The van der Waals surface area contributed by atoms with Crippen molar-refractivity contribution in [2.75, 3.05) is 13.1 Å². The van der Waals surface area contributed by atoms with Crippen LogP contribution in [0.1, 0.15) is 33.2 Å². The topological polar surface area (TPSA) is 32.8 Å². The van der Waals surface area contributed by atoms with E-state index in [1.165, 1.54) is 16.7 Å². The molecule has 0 aromatic heterocycles. The zero-order valence-corrected chi connectivity index (χ0v) is 19.1. The lowest BCUT2D eigenvalue weighted by Gasteiger charge is -2.31. The number of esters is 1. The van der Waals surface area contributed by atoms with Gasteiger partial charge in [0.05, 0.1) is 11.7 Å². The van der Waals surface area contributed by atoms with E-state index in [4.69, 9.17) is 4.74 Å². The van der Waals surface area contributed by atoms with Gasteiger partial charge < -0.3 is 4.74 Å². The summed E-state index contributed by atoms with van der Waals surface area (Å²) in [5.74, 6) is 0.213. The van der Waals surface area contributed by atoms with Crippen LogP contribution in [0, 0.1) is 0 Å². The van der Waals surface area contributed by atoms with Crippen molar-refractivity contribution in [3.05, 3.63) is 138 Å². The van der Waals surface area contributed by atoms with Crippen LogP contribution in [0.3, 0.4) is 0 Å². The minimum absolute atomic E-state index is 0.152. The molecule has 0 radical (unpaired) electrons. The van der Waals surface area contributed by atoms with Gasteiger partial charge in [0.25, 0.3) is 0 Å². The molecule has 4 aromatic carbocycles. The van der Waals surface area contributed by atoms with E-state index in [0.717, 1.165) is 26.2 Å². The second-order valence-corrected chi connectivity index (χ2v) is 8.61. The SMILES string of the molecule is O=C(Oc1ccc(C2N(Cc3ccccc3)CCN2Cc2ccccc2)cc1)c1ccccc1. The van der Waals surface area contributed by atoms with Gasteiger partial charge in [0, 0.05) is 26.2 Å². The fraction of sp³-hybridized carbons (Fsp3) is 0.167. The molecular formula is C30H28N2O2. The number of carbonyl (C=O) groups excluding carboxylic acids is 1. The number of benzene rings is 4. The zero-order chi connectivity index (χ0) is 23.2. The molecule has 1 saturated heterocycles. The van der Waals surface area contributed by atoms with Crippen LogP contribution in [-0.4, -0.2) is 28.9 Å². The fourth-order valence-corrected chi connectivity index (χ4v) is 4.57. The summed E-state index contributed by atoms with van der Waals surface area (Å²) in [6, 6.07) is 38.3. The highest BCUT2D eigenvalue weighted by Gasteiger charge is 2.33. The largest absolute Gasteiger partial charge is 0.423 e. The molecule has 34 heavy (non-hydrogen) atoms. The second-order valence-electron chi connectivity index (χ2n) is 8.61. The minimum Gasteiger partial charge on any atom is -0.423 e. The van der Waals surface area contributed by atoms with Gasteiger partial charge in [-0.05, 0) is 41.0 Å². The first-order valence-corrected chi connectivity index (χ1v) is 11.7. The lowest BCUT2D eigenvalue weighted by atomic mass is 10.1. The highest BCUT2D eigenvalue weighted by Crippen LogP contribution is 2.33. The third kappa shape index (κ3) is 5.25. The maximum atomic E-state index is 12.4. The smallest absolute Gasteiger partial charge is 0.343 e. The first kappa shape index (κ1) is 22.1. The summed E-state index contributed by atoms with van der Waals surface area (Å²) in [4.78, 5) is 17.5. The quantitative estimate of drug-likeness (QED) is 0.259. The third-order valence-electron chi connectivity index (χ3n) is 6.22. The normalized spacial score (nSPS) is 14.8. The molecule has 4 nitrogen and oxygen atoms in total. The van der Waals surface area contributed by atoms with Crippen LogP contribution in [0.2, 0.25) is 0 Å². The Balaban J connectivity index is 1.36. The van der Waals surface area contributed by atoms with E-state index >= 15 is 0 Å². The second kappa shape index (κ2) is 10.5. The van der Waals surface area contributed by atoms with Crippen molar-refractivity contribution in [1.82, 2.24) is 9.80 Å². The summed E-state index contributed by atoms with van der Waals surface area (Å²) >= 11 is 0. The number of rotatable bonds is 7. The molecule has 5 rings (SSSR count). The van der Waals surface area contributed by atoms with E-state index in [1.807, 2.05) is 30.3 Å². The Morgan fingerprint density at radius 2 is 1.12 bits per heavy atom. The van der Waals surface area contributed by atoms with Crippen molar-refractivity contribution in [3.63, 3.8) is 0 Å². The van der Waals surface area contributed by atoms with Gasteiger partial charge in [-0.1, -0.05) is 91.0 Å². The molecular weight excluding hydrogens is 420 g/mol. The molecule has 4 heteroatoms. The van der Waals surface area contributed by atoms with Crippen LogP contribution in [0.5, 0.6) is 5.75 Å². The van der Waals surface area contributed by atoms with Crippen LogP contribution < -0.4 is 4.74 Å². The van der Waals surface area contributed by atoms with Gasteiger partial charge in [-0.15, -0.1) is 0 Å². The van der Waals surface area contributed by atoms with Crippen LogP contribution in [-0.2, 0) is 13.1 Å². The molecule has 4 aromatic rings. The minimum atomic E-state index is -0.342. The summed E-state index contributed by atoms with van der Waals surface area (Å²) in [5, 5.41) is 0. The highest BCUT2D eigenvalue weighted by atomic mass is 16.5. The molecule has 1 fully saturated rings. The standard InChI is InChI=1S/C30H28N2O2/c33-30(27-14-8-3-9-15-27)34-28-18-16-26(17-19-28)29-31(22-24-10-4-1-5-11-24)20-21-32(29)23-25-12-6-2-7-13-25/h1-19,29H,20-23H2. The molecule has 0 spiro atoms. The highest BCUT2D eigenvalue weighted by molar-refractivity contribution is 5.90. The van der Waals surface area contributed by atoms with E-state index in [9.17, 15) is 4.79 Å². The van der Waals surface area contributed by atoms with Crippen molar-refractivity contribution in [2.45, 2.75) is 19.3 Å². The summed E-state index contributed by atoms with van der Waals surface area (Å²) in [5.41, 5.74) is 4.36. The molecule has 0 amide bonds. The first-order chi connectivity index (χ1) is 16.8. The summed E-state index contributed by atoms with van der Waals surface area (Å²) < 4.78 is 5.60. The van der Waals surface area contributed by atoms with Gasteiger partial charge in [-0.2, -0.15) is 0 Å². The Hall–Kier alpha value is -3.73. The molecule has 170 valence electrons. The van der Waals surface area contributed by atoms with E-state index < -0.39 is 0 Å². The molecule has 0 saturated carbocycles. The molecule has 1 aliphatic heterocycles. The average Bonchev–Trinajstić information content (AvgIpc) is 3.28. The van der Waals surface area contributed by atoms with Crippen LogP contribution >= 0.6 is 0 Å². The summed E-state index contributed by atoms with van der Waals surface area (Å²) in [6.45, 7) is 3.78. The van der Waals surface area contributed by atoms with Crippen LogP contribution in [0.25, 0.3) is 0 Å². The van der Waals surface area contributed by atoms with Gasteiger partial charge in [-0.25, -0.2) is 4.79 Å². The zero-order valence-electron chi connectivity index (χ0n) is 19.1. The number of hydrogen-bond donors (Lipinski definition) is 0. The average molecular weight is 449 g/mol. The first-order valence-electron chi connectivity index (χ1n) is 11.7. The molecule has 0 atom stereocenters. The van der Waals surface area contributed by atoms with Gasteiger partial charge in [0.15, 0.2) is 0 Å². The Kier molecular flexibility index (Phi) is 6.80. The predicted octanol–water partition coefficient (Wildman–Crippen LogP) is 5.92. The molecule has 1 heterocycles. The molecule has 0 N–H and O–H groups in total. The van der Waals surface area contributed by atoms with Gasteiger partial charge in [-0.3, -0.25) is 9.80 Å². The lowest BCUT2D eigenvalue weighted by molar-refractivity contribution is 0.0734. The lowest BCUT2D eigenvalue weighted by Crippen LogP contribution is -2.30. The van der Waals surface area contributed by atoms with E-state index in [2.05, 4.69) is 82.6 Å². The van der Waals surface area contributed by atoms with Crippen LogP contribution in [0.15, 0.2) is 115 Å². The summed E-state index contributed by atoms with van der Waals surface area (Å²) in [7, 11) is 0. The Morgan fingerprint density at radius 3 is 1.62 bits per heavy atom. The summed E-state index contributed by atoms with van der Waals surface area (Å²) in [6.07, 6.45) is 0.152. The monoisotopic (exact) mass is 448 g/mol. The van der Waals surface area contributed by atoms with Crippen molar-refractivity contribution >= 4 is 5.97 Å².